The van der Waals surface area contributed by atoms with Crippen LogP contribution < -0.4 is 16.4 Å². The molecule has 15 heavy (non-hydrogen) atoms. The SMILES string of the molecule is CCNC(=O)CCNC(=O)CCC(C)N. The molecule has 0 aromatic rings. The van der Waals surface area contributed by atoms with Crippen LogP contribution in [0, 0.1) is 0 Å². The fraction of sp³-hybridized carbons (Fsp3) is 0.800. The van der Waals surface area contributed by atoms with Crippen molar-refractivity contribution in [1.82, 2.24) is 10.6 Å². The number of nitrogens with one attached hydrogen (secondary N) is 2. The topological polar surface area (TPSA) is 84.2 Å². The average molecular weight is 215 g/mol. The highest BCUT2D eigenvalue weighted by atomic mass is 16.2. The molecule has 0 fully saturated rings. The summed E-state index contributed by atoms with van der Waals surface area (Å²) in [7, 11) is 0. The fourth-order valence-electron chi connectivity index (χ4n) is 1.05. The third-order valence-electron chi connectivity index (χ3n) is 1.87. The van der Waals surface area contributed by atoms with Crippen LogP contribution in [0.5, 0.6) is 0 Å². The van der Waals surface area contributed by atoms with Gasteiger partial charge in [0, 0.05) is 32.0 Å². The maximum absolute atomic E-state index is 11.2. The minimum Gasteiger partial charge on any atom is -0.356 e. The van der Waals surface area contributed by atoms with Gasteiger partial charge in [-0.2, -0.15) is 0 Å². The summed E-state index contributed by atoms with van der Waals surface area (Å²) in [5.74, 6) is -0.0819. The second-order valence-corrected chi connectivity index (χ2v) is 3.57. The summed E-state index contributed by atoms with van der Waals surface area (Å²) < 4.78 is 0. The molecule has 0 rings (SSSR count). The van der Waals surface area contributed by atoms with E-state index < -0.39 is 0 Å². The first-order valence-electron chi connectivity index (χ1n) is 5.35. The van der Waals surface area contributed by atoms with Gasteiger partial charge in [-0.05, 0) is 20.3 Å². The molecular formula is C10H21N3O2. The van der Waals surface area contributed by atoms with Gasteiger partial charge in [-0.1, -0.05) is 0 Å². The quantitative estimate of drug-likeness (QED) is 0.548. The lowest BCUT2D eigenvalue weighted by Crippen LogP contribution is -2.31. The van der Waals surface area contributed by atoms with Gasteiger partial charge in [0.1, 0.15) is 0 Å². The maximum Gasteiger partial charge on any atom is 0.221 e. The molecular weight excluding hydrogens is 194 g/mol. The zero-order chi connectivity index (χ0) is 11.7. The Morgan fingerprint density at radius 2 is 1.80 bits per heavy atom. The van der Waals surface area contributed by atoms with Crippen molar-refractivity contribution >= 4 is 11.8 Å². The van der Waals surface area contributed by atoms with Gasteiger partial charge < -0.3 is 16.4 Å². The lowest BCUT2D eigenvalue weighted by atomic mass is 10.2. The van der Waals surface area contributed by atoms with Crippen molar-refractivity contribution in [3.63, 3.8) is 0 Å². The minimum atomic E-state index is -0.0448. The molecule has 0 bridgehead atoms. The van der Waals surface area contributed by atoms with Gasteiger partial charge in [0.05, 0.1) is 0 Å². The zero-order valence-electron chi connectivity index (χ0n) is 9.51. The van der Waals surface area contributed by atoms with Crippen molar-refractivity contribution in [3.8, 4) is 0 Å². The Hall–Kier alpha value is -1.10. The Morgan fingerprint density at radius 1 is 1.20 bits per heavy atom. The summed E-state index contributed by atoms with van der Waals surface area (Å²) in [5, 5.41) is 5.33. The molecule has 0 aliphatic heterocycles. The summed E-state index contributed by atoms with van der Waals surface area (Å²) >= 11 is 0. The van der Waals surface area contributed by atoms with E-state index >= 15 is 0 Å². The van der Waals surface area contributed by atoms with Gasteiger partial charge in [-0.3, -0.25) is 9.59 Å². The standard InChI is InChI=1S/C10H21N3O2/c1-3-12-10(15)6-7-13-9(14)5-4-8(2)11/h8H,3-7,11H2,1-2H3,(H,12,15)(H,13,14). The molecule has 0 radical (unpaired) electrons. The van der Waals surface area contributed by atoms with Gasteiger partial charge in [-0.25, -0.2) is 0 Å². The van der Waals surface area contributed by atoms with E-state index in [2.05, 4.69) is 10.6 Å². The van der Waals surface area contributed by atoms with Gasteiger partial charge in [-0.15, -0.1) is 0 Å². The fourth-order valence-corrected chi connectivity index (χ4v) is 1.05. The van der Waals surface area contributed by atoms with Crippen LogP contribution in [0.3, 0.4) is 0 Å². The molecule has 0 saturated heterocycles. The molecule has 1 atom stereocenters. The normalized spacial score (nSPS) is 11.9. The Kier molecular flexibility index (Phi) is 7.62. The Bertz CT molecular complexity index is 205. The molecule has 0 aromatic heterocycles. The van der Waals surface area contributed by atoms with Gasteiger partial charge >= 0.3 is 0 Å². The third-order valence-corrected chi connectivity index (χ3v) is 1.87. The Labute approximate surface area is 90.8 Å². The Balaban J connectivity index is 3.42. The molecule has 2 amide bonds. The molecule has 0 aromatic carbocycles. The van der Waals surface area contributed by atoms with Crippen LogP contribution in [0.25, 0.3) is 0 Å². The molecule has 88 valence electrons. The summed E-state index contributed by atoms with van der Waals surface area (Å²) in [6.07, 6.45) is 1.43. The predicted octanol–water partition coefficient (Wildman–Crippen LogP) is -0.244. The molecule has 0 spiro atoms. The van der Waals surface area contributed by atoms with Gasteiger partial charge in [0.15, 0.2) is 0 Å². The van der Waals surface area contributed by atoms with Crippen LogP contribution in [0.2, 0.25) is 0 Å². The molecule has 0 heterocycles. The second-order valence-electron chi connectivity index (χ2n) is 3.57. The van der Waals surface area contributed by atoms with Crippen molar-refractivity contribution in [1.29, 1.82) is 0 Å². The van der Waals surface area contributed by atoms with E-state index in [0.717, 1.165) is 0 Å². The first-order valence-corrected chi connectivity index (χ1v) is 5.35. The molecule has 1 unspecified atom stereocenters. The van der Waals surface area contributed by atoms with E-state index in [9.17, 15) is 9.59 Å². The number of nitrogens with two attached hydrogens (primary N) is 1. The summed E-state index contributed by atoms with van der Waals surface area (Å²) in [5.41, 5.74) is 5.51. The van der Waals surface area contributed by atoms with Crippen molar-refractivity contribution in [2.45, 2.75) is 39.2 Å². The van der Waals surface area contributed by atoms with Crippen molar-refractivity contribution in [2.24, 2.45) is 5.73 Å². The van der Waals surface area contributed by atoms with Crippen LogP contribution in [0.1, 0.15) is 33.1 Å². The number of hydrogen-bond donors (Lipinski definition) is 3. The van der Waals surface area contributed by atoms with E-state index in [-0.39, 0.29) is 17.9 Å². The highest BCUT2D eigenvalue weighted by Gasteiger charge is 2.04. The van der Waals surface area contributed by atoms with Crippen LogP contribution in [-0.4, -0.2) is 30.9 Å². The van der Waals surface area contributed by atoms with Crippen LogP contribution in [0.4, 0.5) is 0 Å². The minimum absolute atomic E-state index is 0.0370. The number of carbonyl (C=O) groups is 2. The van der Waals surface area contributed by atoms with Gasteiger partial charge in [0.2, 0.25) is 11.8 Å². The Morgan fingerprint density at radius 3 is 2.33 bits per heavy atom. The van der Waals surface area contributed by atoms with Crippen molar-refractivity contribution < 1.29 is 9.59 Å². The zero-order valence-corrected chi connectivity index (χ0v) is 9.51. The largest absolute Gasteiger partial charge is 0.356 e. The lowest BCUT2D eigenvalue weighted by molar-refractivity contribution is -0.122. The van der Waals surface area contributed by atoms with Gasteiger partial charge in [0.25, 0.3) is 0 Å². The van der Waals surface area contributed by atoms with E-state index in [1.54, 1.807) is 0 Å². The highest BCUT2D eigenvalue weighted by Crippen LogP contribution is 1.92. The molecule has 4 N–H and O–H groups in total. The first-order chi connectivity index (χ1) is 7.06. The number of rotatable bonds is 7. The summed E-state index contributed by atoms with van der Waals surface area (Å²) in [6, 6.07) is 0.0409. The summed E-state index contributed by atoms with van der Waals surface area (Å²) in [6.45, 7) is 4.74. The monoisotopic (exact) mass is 215 g/mol. The third kappa shape index (κ3) is 9.21. The van der Waals surface area contributed by atoms with Crippen LogP contribution >= 0.6 is 0 Å². The maximum atomic E-state index is 11.2. The van der Waals surface area contributed by atoms with E-state index in [4.69, 9.17) is 5.73 Å². The van der Waals surface area contributed by atoms with Crippen LogP contribution in [0.15, 0.2) is 0 Å². The van der Waals surface area contributed by atoms with E-state index in [0.29, 0.717) is 32.4 Å². The molecule has 0 aliphatic carbocycles. The highest BCUT2D eigenvalue weighted by molar-refractivity contribution is 5.78. The molecule has 5 nitrogen and oxygen atoms in total. The second kappa shape index (κ2) is 8.23. The lowest BCUT2D eigenvalue weighted by Gasteiger charge is -2.06. The smallest absolute Gasteiger partial charge is 0.221 e. The average Bonchev–Trinajstić information content (AvgIpc) is 2.15. The van der Waals surface area contributed by atoms with Crippen LogP contribution in [-0.2, 0) is 9.59 Å². The summed E-state index contributed by atoms with van der Waals surface area (Å²) in [4.78, 5) is 22.2. The molecule has 0 saturated carbocycles. The first kappa shape index (κ1) is 13.9. The molecule has 0 aliphatic rings. The van der Waals surface area contributed by atoms with Crippen molar-refractivity contribution in [2.75, 3.05) is 13.1 Å². The predicted molar refractivity (Wildman–Crippen MR) is 59.2 cm³/mol. The number of amides is 2. The van der Waals surface area contributed by atoms with E-state index in [1.807, 2.05) is 13.8 Å². The number of carbonyl (C=O) groups excluding carboxylic acids is 2. The molecule has 5 heteroatoms. The van der Waals surface area contributed by atoms with E-state index in [1.165, 1.54) is 0 Å². The van der Waals surface area contributed by atoms with Crippen molar-refractivity contribution in [3.05, 3.63) is 0 Å². The number of hydrogen-bond acceptors (Lipinski definition) is 3.